The van der Waals surface area contributed by atoms with Gasteiger partial charge in [0.15, 0.2) is 0 Å². The summed E-state index contributed by atoms with van der Waals surface area (Å²) in [6.07, 6.45) is 0. The quantitative estimate of drug-likeness (QED) is 0.699. The Kier molecular flexibility index (Phi) is 6.19. The summed E-state index contributed by atoms with van der Waals surface area (Å²) in [5.74, 6) is 0. The molecule has 1 fully saturated rings. The molecule has 0 aromatic rings. The number of hydrogen-bond donors (Lipinski definition) is 1. The van der Waals surface area contributed by atoms with Crippen molar-refractivity contribution in [2.75, 3.05) is 45.9 Å². The van der Waals surface area contributed by atoms with E-state index in [1.54, 1.807) is 5.54 Å². The van der Waals surface area contributed by atoms with E-state index in [4.69, 9.17) is 16.3 Å². The first-order valence-corrected chi connectivity index (χ1v) is 5.53. The Balaban J connectivity index is 1.97. The molecular formula is C10H19ClN2O. The highest BCUT2D eigenvalue weighted by molar-refractivity contribution is 6.25. The van der Waals surface area contributed by atoms with Crippen molar-refractivity contribution in [3.8, 4) is 0 Å². The van der Waals surface area contributed by atoms with Gasteiger partial charge in [0.25, 0.3) is 0 Å². The normalized spacial score (nSPS) is 20.0. The molecular weight excluding hydrogens is 200 g/mol. The molecule has 0 atom stereocenters. The Hall–Kier alpha value is -0.0900. The van der Waals surface area contributed by atoms with Crippen LogP contribution in [0.25, 0.3) is 0 Å². The van der Waals surface area contributed by atoms with Gasteiger partial charge in [-0.25, -0.2) is 0 Å². The molecule has 14 heavy (non-hydrogen) atoms. The van der Waals surface area contributed by atoms with Crippen LogP contribution < -0.4 is 5.32 Å². The van der Waals surface area contributed by atoms with Crippen molar-refractivity contribution in [2.45, 2.75) is 6.92 Å². The number of rotatable bonds is 5. The SMILES string of the molecule is CC(=CCl)CNCCN1CCOCC1. The van der Waals surface area contributed by atoms with E-state index in [1.807, 2.05) is 6.92 Å². The van der Waals surface area contributed by atoms with Gasteiger partial charge >= 0.3 is 0 Å². The minimum absolute atomic E-state index is 0.876. The van der Waals surface area contributed by atoms with Crippen LogP contribution >= 0.6 is 11.6 Å². The molecule has 4 heteroatoms. The van der Waals surface area contributed by atoms with E-state index in [1.165, 1.54) is 5.57 Å². The van der Waals surface area contributed by atoms with Gasteiger partial charge in [-0.3, -0.25) is 4.90 Å². The van der Waals surface area contributed by atoms with Crippen LogP contribution in [0.1, 0.15) is 6.92 Å². The molecule has 1 aliphatic heterocycles. The van der Waals surface area contributed by atoms with Crippen LogP contribution in [-0.2, 0) is 4.74 Å². The molecule has 0 unspecified atom stereocenters. The van der Waals surface area contributed by atoms with Crippen LogP contribution in [0.2, 0.25) is 0 Å². The van der Waals surface area contributed by atoms with E-state index in [2.05, 4.69) is 10.2 Å². The predicted molar refractivity (Wildman–Crippen MR) is 59.7 cm³/mol. The molecule has 0 amide bonds. The summed E-state index contributed by atoms with van der Waals surface area (Å²) in [7, 11) is 0. The summed E-state index contributed by atoms with van der Waals surface area (Å²) in [5.41, 5.74) is 2.80. The highest BCUT2D eigenvalue weighted by Crippen LogP contribution is 1.95. The fourth-order valence-electron chi connectivity index (χ4n) is 1.39. The fourth-order valence-corrected chi connectivity index (χ4v) is 1.46. The van der Waals surface area contributed by atoms with Crippen LogP contribution in [0, 0.1) is 0 Å². The van der Waals surface area contributed by atoms with Gasteiger partial charge in [-0.1, -0.05) is 11.6 Å². The maximum Gasteiger partial charge on any atom is 0.0594 e. The third-order valence-corrected chi connectivity index (χ3v) is 2.67. The van der Waals surface area contributed by atoms with Gasteiger partial charge in [-0.15, -0.1) is 0 Å². The van der Waals surface area contributed by atoms with Gasteiger partial charge in [-0.2, -0.15) is 0 Å². The van der Waals surface area contributed by atoms with Crippen LogP contribution in [0.4, 0.5) is 0 Å². The fraction of sp³-hybridized carbons (Fsp3) is 0.800. The molecule has 1 aliphatic rings. The molecule has 82 valence electrons. The monoisotopic (exact) mass is 218 g/mol. The van der Waals surface area contributed by atoms with Gasteiger partial charge in [0.05, 0.1) is 13.2 Å². The molecule has 3 nitrogen and oxygen atoms in total. The molecule has 1 rings (SSSR count). The van der Waals surface area contributed by atoms with Crippen molar-refractivity contribution in [3.05, 3.63) is 11.1 Å². The summed E-state index contributed by atoms with van der Waals surface area (Å²) >= 11 is 5.55. The molecule has 0 bridgehead atoms. The van der Waals surface area contributed by atoms with Crippen molar-refractivity contribution in [2.24, 2.45) is 0 Å². The van der Waals surface area contributed by atoms with Crippen molar-refractivity contribution in [1.29, 1.82) is 0 Å². The number of nitrogens with zero attached hydrogens (tertiary/aromatic N) is 1. The molecule has 0 spiro atoms. The standard InChI is InChI=1S/C10H19ClN2O/c1-10(8-11)9-12-2-3-13-4-6-14-7-5-13/h8,12H,2-7,9H2,1H3. The Labute approximate surface area is 91.1 Å². The summed E-state index contributed by atoms with van der Waals surface area (Å²) < 4.78 is 5.27. The van der Waals surface area contributed by atoms with Crippen LogP contribution in [0.15, 0.2) is 11.1 Å². The first-order valence-electron chi connectivity index (χ1n) is 5.09. The minimum Gasteiger partial charge on any atom is -0.379 e. The third-order valence-electron chi connectivity index (χ3n) is 2.30. The summed E-state index contributed by atoms with van der Waals surface area (Å²) in [6.45, 7) is 8.89. The third kappa shape index (κ3) is 4.96. The zero-order chi connectivity index (χ0) is 10.2. The second-order valence-electron chi connectivity index (χ2n) is 3.59. The van der Waals surface area contributed by atoms with Crippen molar-refractivity contribution in [1.82, 2.24) is 10.2 Å². The lowest BCUT2D eigenvalue weighted by molar-refractivity contribution is 0.0385. The molecule has 0 aliphatic carbocycles. The highest BCUT2D eigenvalue weighted by Gasteiger charge is 2.08. The van der Waals surface area contributed by atoms with Crippen LogP contribution in [0.3, 0.4) is 0 Å². The minimum atomic E-state index is 0.876. The van der Waals surface area contributed by atoms with E-state index in [-0.39, 0.29) is 0 Å². The molecule has 0 saturated carbocycles. The zero-order valence-electron chi connectivity index (χ0n) is 8.76. The van der Waals surface area contributed by atoms with Crippen molar-refractivity contribution in [3.63, 3.8) is 0 Å². The molecule has 1 heterocycles. The van der Waals surface area contributed by atoms with Gasteiger partial charge in [-0.05, 0) is 12.5 Å². The molecule has 1 saturated heterocycles. The second-order valence-corrected chi connectivity index (χ2v) is 3.80. The van der Waals surface area contributed by atoms with E-state index < -0.39 is 0 Å². The second kappa shape index (κ2) is 7.23. The lowest BCUT2D eigenvalue weighted by Gasteiger charge is -2.26. The Morgan fingerprint density at radius 3 is 2.86 bits per heavy atom. The van der Waals surface area contributed by atoms with Crippen LogP contribution in [0.5, 0.6) is 0 Å². The zero-order valence-corrected chi connectivity index (χ0v) is 9.52. The van der Waals surface area contributed by atoms with E-state index in [0.29, 0.717) is 0 Å². The number of morpholine rings is 1. The van der Waals surface area contributed by atoms with Gasteiger partial charge in [0.1, 0.15) is 0 Å². The van der Waals surface area contributed by atoms with Crippen molar-refractivity contribution < 1.29 is 4.74 Å². The smallest absolute Gasteiger partial charge is 0.0594 e. The number of hydrogen-bond acceptors (Lipinski definition) is 3. The van der Waals surface area contributed by atoms with E-state index >= 15 is 0 Å². The van der Waals surface area contributed by atoms with Gasteiger partial charge < -0.3 is 10.1 Å². The maximum absolute atomic E-state index is 5.55. The van der Waals surface area contributed by atoms with Gasteiger partial charge in [0, 0.05) is 38.3 Å². The van der Waals surface area contributed by atoms with E-state index in [9.17, 15) is 0 Å². The summed E-state index contributed by atoms with van der Waals surface area (Å²) in [6, 6.07) is 0. The largest absolute Gasteiger partial charge is 0.379 e. The topological polar surface area (TPSA) is 24.5 Å². The summed E-state index contributed by atoms with van der Waals surface area (Å²) in [4.78, 5) is 2.41. The number of nitrogens with one attached hydrogen (secondary N) is 1. The molecule has 0 aromatic heterocycles. The average molecular weight is 219 g/mol. The maximum atomic E-state index is 5.55. The number of halogens is 1. The Morgan fingerprint density at radius 1 is 1.50 bits per heavy atom. The highest BCUT2D eigenvalue weighted by atomic mass is 35.5. The molecule has 0 radical (unpaired) electrons. The van der Waals surface area contributed by atoms with E-state index in [0.717, 1.165) is 45.9 Å². The molecule has 1 N–H and O–H groups in total. The molecule has 0 aromatic carbocycles. The van der Waals surface area contributed by atoms with Crippen LogP contribution in [-0.4, -0.2) is 50.8 Å². The Morgan fingerprint density at radius 2 is 2.21 bits per heavy atom. The first kappa shape index (κ1) is 12.0. The first-order chi connectivity index (χ1) is 6.83. The predicted octanol–water partition coefficient (Wildman–Crippen LogP) is 1.05. The average Bonchev–Trinajstić information content (AvgIpc) is 2.25. The van der Waals surface area contributed by atoms with Gasteiger partial charge in [0.2, 0.25) is 0 Å². The lowest BCUT2D eigenvalue weighted by atomic mass is 10.3. The number of ether oxygens (including phenoxy) is 1. The Bertz CT molecular complexity index is 179. The van der Waals surface area contributed by atoms with Crippen molar-refractivity contribution >= 4 is 11.6 Å². The summed E-state index contributed by atoms with van der Waals surface area (Å²) in [5, 5.41) is 3.35. The lowest BCUT2D eigenvalue weighted by Crippen LogP contribution is -2.40.